The van der Waals surface area contributed by atoms with Crippen molar-refractivity contribution in [2.45, 2.75) is 19.8 Å². The van der Waals surface area contributed by atoms with Crippen molar-refractivity contribution in [3.63, 3.8) is 0 Å². The molecule has 0 aromatic heterocycles. The second kappa shape index (κ2) is 4.94. The molecule has 16 heavy (non-hydrogen) atoms. The number of rotatable bonds is 4. The van der Waals surface area contributed by atoms with Crippen LogP contribution in [0.15, 0.2) is 12.1 Å². The Kier molecular flexibility index (Phi) is 3.84. The van der Waals surface area contributed by atoms with Gasteiger partial charge in [-0.15, -0.1) is 0 Å². The van der Waals surface area contributed by atoms with E-state index in [0.29, 0.717) is 12.8 Å². The molecule has 0 fully saturated rings. The van der Waals surface area contributed by atoms with Crippen LogP contribution in [0.2, 0.25) is 5.02 Å². The van der Waals surface area contributed by atoms with Gasteiger partial charge in [0.1, 0.15) is 0 Å². The number of nitro groups is 1. The van der Waals surface area contributed by atoms with Crippen molar-refractivity contribution in [1.29, 1.82) is 0 Å². The first kappa shape index (κ1) is 12.4. The highest BCUT2D eigenvalue weighted by Gasteiger charge is 2.21. The lowest BCUT2D eigenvalue weighted by molar-refractivity contribution is -0.385. The van der Waals surface area contributed by atoms with Crippen molar-refractivity contribution >= 4 is 23.3 Å². The lowest BCUT2D eigenvalue weighted by atomic mass is 10.0. The lowest BCUT2D eigenvalue weighted by Crippen LogP contribution is -2.03. The van der Waals surface area contributed by atoms with Crippen LogP contribution >= 0.6 is 11.6 Å². The van der Waals surface area contributed by atoms with E-state index in [2.05, 4.69) is 0 Å². The van der Waals surface area contributed by atoms with Gasteiger partial charge >= 0.3 is 5.97 Å². The minimum atomic E-state index is -1.18. The largest absolute Gasteiger partial charge is 0.478 e. The van der Waals surface area contributed by atoms with Gasteiger partial charge in [0.05, 0.1) is 15.5 Å². The van der Waals surface area contributed by atoms with Gasteiger partial charge in [-0.3, -0.25) is 10.1 Å². The van der Waals surface area contributed by atoms with Gasteiger partial charge in [0.25, 0.3) is 5.69 Å². The summed E-state index contributed by atoms with van der Waals surface area (Å²) in [7, 11) is 0. The van der Waals surface area contributed by atoms with Crippen molar-refractivity contribution < 1.29 is 14.8 Å². The summed E-state index contributed by atoms with van der Waals surface area (Å²) >= 11 is 5.85. The summed E-state index contributed by atoms with van der Waals surface area (Å²) in [6.07, 6.45) is 1.04. The Hall–Kier alpha value is -1.62. The third-order valence-electron chi connectivity index (χ3n) is 2.15. The second-order valence-electron chi connectivity index (χ2n) is 3.24. The van der Waals surface area contributed by atoms with Gasteiger partial charge in [-0.05, 0) is 12.5 Å². The van der Waals surface area contributed by atoms with Gasteiger partial charge in [0.2, 0.25) is 0 Å². The molecule has 0 bridgehead atoms. The summed E-state index contributed by atoms with van der Waals surface area (Å²) in [6, 6.07) is 2.34. The molecule has 0 unspecified atom stereocenters. The van der Waals surface area contributed by atoms with E-state index in [-0.39, 0.29) is 21.8 Å². The van der Waals surface area contributed by atoms with Crippen molar-refractivity contribution in [2.24, 2.45) is 0 Å². The van der Waals surface area contributed by atoms with Gasteiger partial charge in [-0.1, -0.05) is 24.9 Å². The molecule has 0 radical (unpaired) electrons. The van der Waals surface area contributed by atoms with Gasteiger partial charge in [0, 0.05) is 11.6 Å². The van der Waals surface area contributed by atoms with Gasteiger partial charge in [-0.25, -0.2) is 4.79 Å². The highest BCUT2D eigenvalue weighted by atomic mass is 35.5. The Morgan fingerprint density at radius 3 is 2.62 bits per heavy atom. The third kappa shape index (κ3) is 2.30. The molecule has 1 aromatic carbocycles. The Bertz CT molecular complexity index is 445. The quantitative estimate of drug-likeness (QED) is 0.651. The molecule has 0 aliphatic rings. The number of carboxylic acids is 1. The standard InChI is InChI=1S/C10H10ClNO4/c1-2-3-6-8(12(15)16)5-4-7(9(6)11)10(13)14/h4-5H,2-3H2,1H3,(H,13,14). The third-order valence-corrected chi connectivity index (χ3v) is 2.58. The van der Waals surface area contributed by atoms with Crippen LogP contribution in [-0.4, -0.2) is 16.0 Å². The number of hydrogen-bond donors (Lipinski definition) is 1. The Balaban J connectivity index is 3.41. The number of nitrogens with zero attached hydrogens (tertiary/aromatic N) is 1. The molecule has 6 heteroatoms. The molecule has 0 aliphatic heterocycles. The predicted octanol–water partition coefficient (Wildman–Crippen LogP) is 2.90. The van der Waals surface area contributed by atoms with E-state index in [4.69, 9.17) is 16.7 Å². The number of aromatic carboxylic acids is 1. The molecule has 0 spiro atoms. The average molecular weight is 244 g/mol. The Morgan fingerprint density at radius 1 is 1.56 bits per heavy atom. The van der Waals surface area contributed by atoms with E-state index in [1.807, 2.05) is 6.92 Å². The maximum absolute atomic E-state index is 10.8. The zero-order valence-electron chi connectivity index (χ0n) is 8.57. The topological polar surface area (TPSA) is 80.4 Å². The van der Waals surface area contributed by atoms with Crippen LogP contribution in [0.5, 0.6) is 0 Å². The zero-order valence-corrected chi connectivity index (χ0v) is 9.32. The van der Waals surface area contributed by atoms with Crippen molar-refractivity contribution in [2.75, 3.05) is 0 Å². The molecular weight excluding hydrogens is 234 g/mol. The number of halogens is 1. The minimum Gasteiger partial charge on any atom is -0.478 e. The molecule has 0 heterocycles. The van der Waals surface area contributed by atoms with Crippen molar-refractivity contribution in [1.82, 2.24) is 0 Å². The first-order valence-corrected chi connectivity index (χ1v) is 5.05. The van der Waals surface area contributed by atoms with Gasteiger partial charge in [-0.2, -0.15) is 0 Å². The molecule has 1 N–H and O–H groups in total. The van der Waals surface area contributed by atoms with E-state index in [0.717, 1.165) is 6.07 Å². The Labute approximate surface area is 96.8 Å². The van der Waals surface area contributed by atoms with E-state index in [1.54, 1.807) is 0 Å². The number of benzene rings is 1. The maximum atomic E-state index is 10.8. The van der Waals surface area contributed by atoms with Crippen LogP contribution in [0.4, 0.5) is 5.69 Å². The monoisotopic (exact) mass is 243 g/mol. The van der Waals surface area contributed by atoms with Crippen molar-refractivity contribution in [3.8, 4) is 0 Å². The maximum Gasteiger partial charge on any atom is 0.337 e. The highest BCUT2D eigenvalue weighted by molar-refractivity contribution is 6.34. The number of nitro benzene ring substituents is 1. The molecule has 0 aliphatic carbocycles. The van der Waals surface area contributed by atoms with E-state index >= 15 is 0 Å². The normalized spacial score (nSPS) is 10.1. The second-order valence-corrected chi connectivity index (χ2v) is 3.62. The van der Waals surface area contributed by atoms with Crippen LogP contribution in [0.25, 0.3) is 0 Å². The van der Waals surface area contributed by atoms with Gasteiger partial charge < -0.3 is 5.11 Å². The smallest absolute Gasteiger partial charge is 0.337 e. The Morgan fingerprint density at radius 2 is 2.19 bits per heavy atom. The minimum absolute atomic E-state index is 0.0384. The molecule has 0 amide bonds. The molecule has 1 aromatic rings. The van der Waals surface area contributed by atoms with Crippen LogP contribution in [0.3, 0.4) is 0 Å². The molecule has 0 saturated carbocycles. The van der Waals surface area contributed by atoms with Gasteiger partial charge in [0.15, 0.2) is 0 Å². The zero-order chi connectivity index (χ0) is 12.3. The SMILES string of the molecule is CCCc1c([N+](=O)[O-])ccc(C(=O)O)c1Cl. The lowest BCUT2D eigenvalue weighted by Gasteiger charge is -2.06. The fraction of sp³-hybridized carbons (Fsp3) is 0.300. The first-order valence-electron chi connectivity index (χ1n) is 4.68. The first-order chi connectivity index (χ1) is 7.49. The molecule has 0 atom stereocenters. The van der Waals surface area contributed by atoms with Crippen LogP contribution in [-0.2, 0) is 6.42 Å². The fourth-order valence-corrected chi connectivity index (χ4v) is 1.77. The van der Waals surface area contributed by atoms with Crippen LogP contribution in [0.1, 0.15) is 29.3 Å². The molecular formula is C10H10ClNO4. The number of carbonyl (C=O) groups is 1. The highest BCUT2D eigenvalue weighted by Crippen LogP contribution is 2.30. The number of hydrogen-bond acceptors (Lipinski definition) is 3. The fourth-order valence-electron chi connectivity index (χ4n) is 1.44. The molecule has 1 rings (SSSR count). The molecule has 86 valence electrons. The van der Waals surface area contributed by atoms with E-state index in [1.165, 1.54) is 6.07 Å². The summed E-state index contributed by atoms with van der Waals surface area (Å²) in [5, 5.41) is 19.5. The summed E-state index contributed by atoms with van der Waals surface area (Å²) < 4.78 is 0. The molecule has 5 nitrogen and oxygen atoms in total. The van der Waals surface area contributed by atoms with E-state index in [9.17, 15) is 14.9 Å². The number of carboxylic acid groups (broad SMARTS) is 1. The van der Waals surface area contributed by atoms with Crippen LogP contribution in [0, 0.1) is 10.1 Å². The van der Waals surface area contributed by atoms with Crippen LogP contribution < -0.4 is 0 Å². The molecule has 0 saturated heterocycles. The summed E-state index contributed by atoms with van der Waals surface area (Å²) in [4.78, 5) is 21.0. The summed E-state index contributed by atoms with van der Waals surface area (Å²) in [5.41, 5.74) is 0.0571. The van der Waals surface area contributed by atoms with Crippen molar-refractivity contribution in [3.05, 3.63) is 38.4 Å². The summed E-state index contributed by atoms with van der Waals surface area (Å²) in [6.45, 7) is 1.84. The van der Waals surface area contributed by atoms with E-state index < -0.39 is 10.9 Å². The predicted molar refractivity (Wildman–Crippen MR) is 59.1 cm³/mol. The average Bonchev–Trinajstić information content (AvgIpc) is 2.20. The summed E-state index contributed by atoms with van der Waals surface area (Å²) in [5.74, 6) is -1.18.